The van der Waals surface area contributed by atoms with E-state index in [4.69, 9.17) is 27.9 Å². The second-order valence-electron chi connectivity index (χ2n) is 4.23. The Balaban J connectivity index is 2.18. The van der Waals surface area contributed by atoms with E-state index >= 15 is 0 Å². The highest BCUT2D eigenvalue weighted by Gasteiger charge is 2.13. The molecule has 5 nitrogen and oxygen atoms in total. The van der Waals surface area contributed by atoms with E-state index in [0.29, 0.717) is 21.4 Å². The predicted octanol–water partition coefficient (Wildman–Crippen LogP) is 4.52. The average molecular weight is 327 g/mol. The van der Waals surface area contributed by atoms with Crippen LogP contribution in [0.5, 0.6) is 5.75 Å². The van der Waals surface area contributed by atoms with Gasteiger partial charge in [0.1, 0.15) is 5.75 Å². The van der Waals surface area contributed by atoms with Gasteiger partial charge >= 0.3 is 0 Å². The summed E-state index contributed by atoms with van der Waals surface area (Å²) < 4.78 is 5.06. The lowest BCUT2D eigenvalue weighted by atomic mass is 10.1. The van der Waals surface area contributed by atoms with Gasteiger partial charge in [0.05, 0.1) is 22.6 Å². The Morgan fingerprint density at radius 2 is 2.00 bits per heavy atom. The highest BCUT2D eigenvalue weighted by atomic mass is 35.5. The summed E-state index contributed by atoms with van der Waals surface area (Å²) in [6.07, 6.45) is 0. The van der Waals surface area contributed by atoms with Gasteiger partial charge < -0.3 is 10.1 Å². The number of nitro benzene ring substituents is 1. The van der Waals surface area contributed by atoms with Crippen LogP contribution in [0.25, 0.3) is 0 Å². The van der Waals surface area contributed by atoms with Crippen LogP contribution in [0.15, 0.2) is 36.4 Å². The maximum Gasteiger partial charge on any atom is 0.274 e. The Bertz CT molecular complexity index is 677. The molecule has 0 saturated heterocycles. The molecule has 7 heteroatoms. The van der Waals surface area contributed by atoms with Gasteiger partial charge in [-0.1, -0.05) is 23.2 Å². The van der Waals surface area contributed by atoms with E-state index in [9.17, 15) is 10.1 Å². The molecule has 0 spiro atoms. The Hall–Kier alpha value is -1.98. The van der Waals surface area contributed by atoms with Crippen LogP contribution in [0.2, 0.25) is 10.0 Å². The zero-order valence-electron chi connectivity index (χ0n) is 11.1. The van der Waals surface area contributed by atoms with Crippen LogP contribution in [0.4, 0.5) is 11.4 Å². The summed E-state index contributed by atoms with van der Waals surface area (Å²) in [4.78, 5) is 10.5. The number of nitrogens with zero attached hydrogens (tertiary/aromatic N) is 1. The first kappa shape index (κ1) is 15.4. The summed E-state index contributed by atoms with van der Waals surface area (Å²) in [7, 11) is 1.53. The van der Waals surface area contributed by atoms with Crippen molar-refractivity contribution < 1.29 is 9.66 Å². The number of hydrogen-bond donors (Lipinski definition) is 1. The molecule has 2 aromatic carbocycles. The lowest BCUT2D eigenvalue weighted by Gasteiger charge is -2.09. The summed E-state index contributed by atoms with van der Waals surface area (Å²) in [5.74, 6) is 0.566. The van der Waals surface area contributed by atoms with Gasteiger partial charge in [0.25, 0.3) is 5.69 Å². The minimum atomic E-state index is -0.436. The van der Waals surface area contributed by atoms with Gasteiger partial charge in [-0.15, -0.1) is 0 Å². The van der Waals surface area contributed by atoms with Crippen molar-refractivity contribution in [2.45, 2.75) is 6.54 Å². The second kappa shape index (κ2) is 6.65. The minimum Gasteiger partial charge on any atom is -0.495 e. The Labute approximate surface area is 131 Å². The Morgan fingerprint density at radius 1 is 1.24 bits per heavy atom. The quantitative estimate of drug-likeness (QED) is 0.648. The van der Waals surface area contributed by atoms with Gasteiger partial charge in [-0.2, -0.15) is 0 Å². The Morgan fingerprint density at radius 3 is 2.62 bits per heavy atom. The molecule has 110 valence electrons. The highest BCUT2D eigenvalue weighted by molar-refractivity contribution is 6.32. The maximum atomic E-state index is 11.0. The molecule has 0 heterocycles. The first-order chi connectivity index (χ1) is 10.0. The molecule has 0 aliphatic carbocycles. The molecular weight excluding hydrogens is 315 g/mol. The number of ether oxygens (including phenoxy) is 1. The maximum absolute atomic E-state index is 11.0. The topological polar surface area (TPSA) is 64.4 Å². The van der Waals surface area contributed by atoms with E-state index in [2.05, 4.69) is 5.32 Å². The molecule has 0 atom stereocenters. The number of anilines is 1. The number of methoxy groups -OCH3 is 1. The number of nitrogens with one attached hydrogen (secondary N) is 1. The number of nitro groups is 1. The normalized spacial score (nSPS) is 10.2. The SMILES string of the molecule is COc1ccc(NCc2cc(Cl)ccc2[N+](=O)[O-])cc1Cl. The third kappa shape index (κ3) is 3.77. The third-order valence-corrected chi connectivity index (χ3v) is 3.40. The molecule has 2 aromatic rings. The summed E-state index contributed by atoms with van der Waals surface area (Å²) >= 11 is 11.9. The van der Waals surface area contributed by atoms with Crippen LogP contribution in [0, 0.1) is 10.1 Å². The smallest absolute Gasteiger partial charge is 0.274 e. The van der Waals surface area contributed by atoms with Crippen molar-refractivity contribution in [3.8, 4) is 5.75 Å². The molecule has 0 fully saturated rings. The van der Waals surface area contributed by atoms with Crippen LogP contribution < -0.4 is 10.1 Å². The van der Waals surface area contributed by atoms with Crippen LogP contribution in [-0.2, 0) is 6.54 Å². The number of rotatable bonds is 5. The minimum absolute atomic E-state index is 0.0199. The van der Waals surface area contributed by atoms with E-state index in [-0.39, 0.29) is 12.2 Å². The number of hydrogen-bond acceptors (Lipinski definition) is 4. The van der Waals surface area contributed by atoms with Crippen LogP contribution in [0.3, 0.4) is 0 Å². The van der Waals surface area contributed by atoms with Crippen molar-refractivity contribution in [2.24, 2.45) is 0 Å². The van der Waals surface area contributed by atoms with Crippen molar-refractivity contribution >= 4 is 34.6 Å². The molecule has 0 aliphatic rings. The third-order valence-electron chi connectivity index (χ3n) is 2.87. The molecular formula is C14H12Cl2N2O3. The van der Waals surface area contributed by atoms with E-state index in [1.807, 2.05) is 0 Å². The molecule has 0 amide bonds. The molecule has 0 aliphatic heterocycles. The molecule has 0 saturated carbocycles. The average Bonchev–Trinajstić information content (AvgIpc) is 2.45. The largest absolute Gasteiger partial charge is 0.495 e. The number of halogens is 2. The molecule has 0 bridgehead atoms. The number of benzene rings is 2. The van der Waals surface area contributed by atoms with Gasteiger partial charge in [0, 0.05) is 23.3 Å². The lowest BCUT2D eigenvalue weighted by Crippen LogP contribution is -2.03. The fourth-order valence-corrected chi connectivity index (χ4v) is 2.30. The Kier molecular flexibility index (Phi) is 4.88. The standard InChI is InChI=1S/C14H12Cl2N2O3/c1-21-14-5-3-11(7-12(14)16)17-8-9-6-10(15)2-4-13(9)18(19)20/h2-7,17H,8H2,1H3. The fraction of sp³-hybridized carbons (Fsp3) is 0.143. The van der Waals surface area contributed by atoms with E-state index in [1.54, 1.807) is 24.3 Å². The highest BCUT2D eigenvalue weighted by Crippen LogP contribution is 2.28. The van der Waals surface area contributed by atoms with Crippen LogP contribution >= 0.6 is 23.2 Å². The van der Waals surface area contributed by atoms with Gasteiger partial charge in [-0.3, -0.25) is 10.1 Å². The first-order valence-corrected chi connectivity index (χ1v) is 6.77. The predicted molar refractivity (Wildman–Crippen MR) is 83.4 cm³/mol. The van der Waals surface area contributed by atoms with Gasteiger partial charge in [0.15, 0.2) is 0 Å². The molecule has 0 radical (unpaired) electrons. The van der Waals surface area contributed by atoms with Crippen LogP contribution in [-0.4, -0.2) is 12.0 Å². The summed E-state index contributed by atoms with van der Waals surface area (Å²) in [5.41, 5.74) is 1.25. The van der Waals surface area contributed by atoms with Crippen LogP contribution in [0.1, 0.15) is 5.56 Å². The summed E-state index contributed by atoms with van der Waals surface area (Å²) in [5, 5.41) is 15.0. The summed E-state index contributed by atoms with van der Waals surface area (Å²) in [6.45, 7) is 0.263. The van der Waals surface area contributed by atoms with Crippen molar-refractivity contribution in [1.29, 1.82) is 0 Å². The van der Waals surface area contributed by atoms with Gasteiger partial charge in [-0.25, -0.2) is 0 Å². The second-order valence-corrected chi connectivity index (χ2v) is 5.08. The van der Waals surface area contributed by atoms with Gasteiger partial charge in [-0.05, 0) is 30.3 Å². The molecule has 0 aromatic heterocycles. The monoisotopic (exact) mass is 326 g/mol. The summed E-state index contributed by atoms with van der Waals surface area (Å²) in [6, 6.07) is 9.64. The molecule has 2 rings (SSSR count). The van der Waals surface area contributed by atoms with Crippen molar-refractivity contribution in [3.05, 3.63) is 62.1 Å². The first-order valence-electron chi connectivity index (χ1n) is 6.01. The zero-order chi connectivity index (χ0) is 15.4. The molecule has 1 N–H and O–H groups in total. The van der Waals surface area contributed by atoms with E-state index < -0.39 is 4.92 Å². The van der Waals surface area contributed by atoms with E-state index in [0.717, 1.165) is 5.69 Å². The van der Waals surface area contributed by atoms with Gasteiger partial charge in [0.2, 0.25) is 0 Å². The van der Waals surface area contributed by atoms with E-state index in [1.165, 1.54) is 19.2 Å². The van der Waals surface area contributed by atoms with Crippen molar-refractivity contribution in [3.63, 3.8) is 0 Å². The molecule has 0 unspecified atom stereocenters. The fourth-order valence-electron chi connectivity index (χ4n) is 1.85. The zero-order valence-corrected chi connectivity index (χ0v) is 12.6. The molecule has 21 heavy (non-hydrogen) atoms. The van der Waals surface area contributed by atoms with Crippen molar-refractivity contribution in [1.82, 2.24) is 0 Å². The van der Waals surface area contributed by atoms with Crippen molar-refractivity contribution in [2.75, 3.05) is 12.4 Å². The lowest BCUT2D eigenvalue weighted by molar-refractivity contribution is -0.385.